The summed E-state index contributed by atoms with van der Waals surface area (Å²) < 4.78 is 0. The van der Waals surface area contributed by atoms with E-state index in [1.54, 1.807) is 12.1 Å². The maximum Gasteiger partial charge on any atom is 0.231 e. The fourth-order valence-corrected chi connectivity index (χ4v) is 3.33. The molecule has 0 aliphatic carbocycles. The van der Waals surface area contributed by atoms with E-state index in [9.17, 15) is 4.79 Å². The minimum Gasteiger partial charge on any atom is -0.383 e. The van der Waals surface area contributed by atoms with Crippen molar-refractivity contribution < 1.29 is 4.79 Å². The summed E-state index contributed by atoms with van der Waals surface area (Å²) in [6.45, 7) is 0. The van der Waals surface area contributed by atoms with Crippen LogP contribution in [0.5, 0.6) is 0 Å². The summed E-state index contributed by atoms with van der Waals surface area (Å²) in [6, 6.07) is 18.3. The monoisotopic (exact) mass is 399 g/mol. The minimum atomic E-state index is -0.289. The Bertz CT molecular complexity index is 901. The van der Waals surface area contributed by atoms with Crippen LogP contribution in [0.15, 0.2) is 65.8 Å². The summed E-state index contributed by atoms with van der Waals surface area (Å²) in [6.07, 6.45) is 0. The van der Waals surface area contributed by atoms with E-state index in [0.29, 0.717) is 10.2 Å². The highest BCUT2D eigenvalue weighted by molar-refractivity contribution is 7.99. The van der Waals surface area contributed by atoms with Crippen molar-refractivity contribution in [1.82, 2.24) is 15.3 Å². The Labute approximate surface area is 166 Å². The lowest BCUT2D eigenvalue weighted by Crippen LogP contribution is -2.30. The fraction of sp³-hybridized carbons (Fsp3) is 0.105. The second kappa shape index (κ2) is 8.75. The quantitative estimate of drug-likeness (QED) is 0.433. The van der Waals surface area contributed by atoms with Gasteiger partial charge in [-0.3, -0.25) is 4.79 Å². The van der Waals surface area contributed by atoms with Crippen LogP contribution in [0.25, 0.3) is 0 Å². The number of nitrogens with one attached hydrogen (secondary N) is 1. The fourth-order valence-electron chi connectivity index (χ4n) is 2.52. The summed E-state index contributed by atoms with van der Waals surface area (Å²) in [5.74, 6) is 0.524. The lowest BCUT2D eigenvalue weighted by atomic mass is 9.99. The molecule has 0 aliphatic rings. The van der Waals surface area contributed by atoms with E-state index in [2.05, 4.69) is 15.3 Å². The molecule has 0 aliphatic heterocycles. The standard InChI is InChI=1S/C19H18ClN5OS/c20-14-8-6-13(7-9-14)18(12-4-2-1-3-5-12)25-17(26)11-27-19-23-15(21)10-16(22)24-19/h1-10,18H,11H2,(H,25,26)(H4,21,22,23,24)/t18-/m0/s1. The second-order valence-corrected chi connectivity index (χ2v) is 7.13. The van der Waals surface area contributed by atoms with E-state index in [1.807, 2.05) is 42.5 Å². The Balaban J connectivity index is 1.73. The third-order valence-corrected chi connectivity index (χ3v) is 4.82. The molecule has 1 aromatic heterocycles. The van der Waals surface area contributed by atoms with Crippen molar-refractivity contribution in [2.45, 2.75) is 11.2 Å². The average Bonchev–Trinajstić information content (AvgIpc) is 2.65. The summed E-state index contributed by atoms with van der Waals surface area (Å²) in [5, 5.41) is 4.06. The molecule has 0 spiro atoms. The van der Waals surface area contributed by atoms with Crippen LogP contribution in [0.4, 0.5) is 11.6 Å². The Morgan fingerprint density at radius 3 is 2.22 bits per heavy atom. The van der Waals surface area contributed by atoms with Crippen molar-refractivity contribution in [2.75, 3.05) is 17.2 Å². The van der Waals surface area contributed by atoms with Gasteiger partial charge in [-0.05, 0) is 23.3 Å². The molecule has 0 radical (unpaired) electrons. The highest BCUT2D eigenvalue weighted by Gasteiger charge is 2.17. The van der Waals surface area contributed by atoms with Crippen molar-refractivity contribution in [1.29, 1.82) is 0 Å². The number of carbonyl (C=O) groups is 1. The first-order chi connectivity index (χ1) is 13.0. The van der Waals surface area contributed by atoms with Crippen LogP contribution in [-0.2, 0) is 4.79 Å². The van der Waals surface area contributed by atoms with Gasteiger partial charge in [0.25, 0.3) is 0 Å². The second-order valence-electron chi connectivity index (χ2n) is 5.75. The first kappa shape index (κ1) is 19.0. The van der Waals surface area contributed by atoms with Crippen molar-refractivity contribution in [3.63, 3.8) is 0 Å². The van der Waals surface area contributed by atoms with Crippen LogP contribution in [-0.4, -0.2) is 21.6 Å². The molecule has 138 valence electrons. The van der Waals surface area contributed by atoms with Gasteiger partial charge in [-0.25, -0.2) is 9.97 Å². The van der Waals surface area contributed by atoms with Crippen molar-refractivity contribution in [2.24, 2.45) is 0 Å². The van der Waals surface area contributed by atoms with Crippen LogP contribution in [0.3, 0.4) is 0 Å². The van der Waals surface area contributed by atoms with E-state index in [0.717, 1.165) is 11.1 Å². The van der Waals surface area contributed by atoms with E-state index in [1.165, 1.54) is 17.8 Å². The average molecular weight is 400 g/mol. The number of nitrogens with two attached hydrogens (primary N) is 2. The molecule has 5 N–H and O–H groups in total. The maximum atomic E-state index is 12.5. The third-order valence-electron chi connectivity index (χ3n) is 3.72. The largest absolute Gasteiger partial charge is 0.383 e. The van der Waals surface area contributed by atoms with Crippen LogP contribution < -0.4 is 16.8 Å². The molecule has 8 heteroatoms. The molecule has 2 aromatic carbocycles. The Morgan fingerprint density at radius 2 is 1.59 bits per heavy atom. The maximum absolute atomic E-state index is 12.5. The number of nitrogen functional groups attached to an aromatic ring is 2. The summed E-state index contributed by atoms with van der Waals surface area (Å²) in [7, 11) is 0. The molecule has 27 heavy (non-hydrogen) atoms. The van der Waals surface area contributed by atoms with Gasteiger partial charge in [0, 0.05) is 11.1 Å². The molecule has 0 saturated carbocycles. The van der Waals surface area contributed by atoms with Crippen LogP contribution in [0.1, 0.15) is 17.2 Å². The van der Waals surface area contributed by atoms with Gasteiger partial charge < -0.3 is 16.8 Å². The summed E-state index contributed by atoms with van der Waals surface area (Å²) >= 11 is 7.16. The van der Waals surface area contributed by atoms with Crippen LogP contribution in [0, 0.1) is 0 Å². The molecule has 0 saturated heterocycles. The number of aromatic nitrogens is 2. The Hall–Kier alpha value is -2.77. The highest BCUT2D eigenvalue weighted by atomic mass is 35.5. The number of amides is 1. The predicted molar refractivity (Wildman–Crippen MR) is 109 cm³/mol. The molecular formula is C19H18ClN5OS. The van der Waals surface area contributed by atoms with Gasteiger partial charge in [-0.15, -0.1) is 0 Å². The van der Waals surface area contributed by atoms with Crippen molar-refractivity contribution >= 4 is 40.9 Å². The minimum absolute atomic E-state index is 0.139. The van der Waals surface area contributed by atoms with Gasteiger partial charge in [-0.2, -0.15) is 0 Å². The molecule has 0 unspecified atom stereocenters. The topological polar surface area (TPSA) is 107 Å². The van der Waals surface area contributed by atoms with E-state index in [4.69, 9.17) is 23.1 Å². The number of hydrogen-bond donors (Lipinski definition) is 3. The molecule has 1 amide bonds. The van der Waals surface area contributed by atoms with Gasteiger partial charge in [0.15, 0.2) is 5.16 Å². The van der Waals surface area contributed by atoms with Crippen molar-refractivity contribution in [3.05, 3.63) is 76.8 Å². The molecule has 0 fully saturated rings. The smallest absolute Gasteiger partial charge is 0.231 e. The molecule has 3 aromatic rings. The van der Waals surface area contributed by atoms with E-state index >= 15 is 0 Å². The number of halogens is 1. The third kappa shape index (κ3) is 5.35. The van der Waals surface area contributed by atoms with Crippen LogP contribution in [0.2, 0.25) is 5.02 Å². The van der Waals surface area contributed by atoms with Crippen LogP contribution >= 0.6 is 23.4 Å². The predicted octanol–water partition coefficient (Wildman–Crippen LogP) is 3.29. The molecule has 1 heterocycles. The van der Waals surface area contributed by atoms with Gasteiger partial charge >= 0.3 is 0 Å². The molecular weight excluding hydrogens is 382 g/mol. The Morgan fingerprint density at radius 1 is 1.00 bits per heavy atom. The molecule has 3 rings (SSSR count). The molecule has 6 nitrogen and oxygen atoms in total. The number of carbonyl (C=O) groups excluding carboxylic acids is 1. The highest BCUT2D eigenvalue weighted by Crippen LogP contribution is 2.24. The zero-order chi connectivity index (χ0) is 19.2. The SMILES string of the molecule is Nc1cc(N)nc(SCC(=O)N[C@@H](c2ccccc2)c2ccc(Cl)cc2)n1. The number of hydrogen-bond acceptors (Lipinski definition) is 6. The van der Waals surface area contributed by atoms with Crippen molar-refractivity contribution in [3.8, 4) is 0 Å². The Kier molecular flexibility index (Phi) is 6.16. The lowest BCUT2D eigenvalue weighted by Gasteiger charge is -2.20. The zero-order valence-corrected chi connectivity index (χ0v) is 15.9. The first-order valence-electron chi connectivity index (χ1n) is 8.14. The number of anilines is 2. The number of nitrogens with zero attached hydrogens (tertiary/aromatic N) is 2. The number of rotatable bonds is 6. The normalized spacial score (nSPS) is 11.7. The van der Waals surface area contributed by atoms with Gasteiger partial charge in [0.2, 0.25) is 5.91 Å². The number of thioether (sulfide) groups is 1. The van der Waals surface area contributed by atoms with Gasteiger partial charge in [0.1, 0.15) is 11.6 Å². The lowest BCUT2D eigenvalue weighted by molar-refractivity contribution is -0.119. The molecule has 1 atom stereocenters. The van der Waals surface area contributed by atoms with E-state index < -0.39 is 0 Å². The van der Waals surface area contributed by atoms with Gasteiger partial charge in [0.05, 0.1) is 11.8 Å². The summed E-state index contributed by atoms with van der Waals surface area (Å²) in [4.78, 5) is 20.7. The molecule has 0 bridgehead atoms. The summed E-state index contributed by atoms with van der Waals surface area (Å²) in [5.41, 5.74) is 13.2. The first-order valence-corrected chi connectivity index (χ1v) is 9.50. The zero-order valence-electron chi connectivity index (χ0n) is 14.3. The van der Waals surface area contributed by atoms with Gasteiger partial charge in [-0.1, -0.05) is 65.8 Å². The van der Waals surface area contributed by atoms with E-state index in [-0.39, 0.29) is 29.3 Å². The number of benzene rings is 2.